The van der Waals surface area contributed by atoms with Crippen LogP contribution in [0.2, 0.25) is 0 Å². The van der Waals surface area contributed by atoms with Crippen LogP contribution in [0, 0.1) is 10.1 Å². The van der Waals surface area contributed by atoms with Crippen LogP contribution >= 0.6 is 0 Å². The molecule has 0 aliphatic rings. The number of hydrogen-bond donors (Lipinski definition) is 2. The Labute approximate surface area is 114 Å². The molecule has 0 aromatic heterocycles. The summed E-state index contributed by atoms with van der Waals surface area (Å²) >= 11 is 0. The van der Waals surface area contributed by atoms with E-state index in [0.29, 0.717) is 0 Å². The minimum absolute atomic E-state index is 0.179. The Balaban J connectivity index is 2.76. The number of carbonyl (C=O) groups is 2. The third-order valence-corrected chi connectivity index (χ3v) is 2.54. The first-order chi connectivity index (χ1) is 9.49. The molecule has 8 nitrogen and oxygen atoms in total. The number of nitro benzene ring substituents is 1. The fourth-order valence-electron chi connectivity index (χ4n) is 1.58. The number of aliphatic hydroxyl groups excluding tert-OH is 1. The van der Waals surface area contributed by atoms with E-state index in [2.05, 4.69) is 10.1 Å². The molecule has 1 amide bonds. The molecule has 1 rings (SSSR count). The number of aliphatic hydroxyl groups is 1. The van der Waals surface area contributed by atoms with Gasteiger partial charge in [-0.1, -0.05) is 18.2 Å². The van der Waals surface area contributed by atoms with Gasteiger partial charge in [-0.25, -0.2) is 4.79 Å². The minimum Gasteiger partial charge on any atom is -0.467 e. The third-order valence-electron chi connectivity index (χ3n) is 2.54. The molecule has 2 N–H and O–H groups in total. The number of nitro groups is 1. The standard InChI is InChI=1S/C12H14N2O6/c1-20-12(17)9(7-15)13-11(16)6-8-4-2-3-5-10(8)14(18)19/h2-5,9,15H,6-7H2,1H3,(H,13,16). The lowest BCUT2D eigenvalue weighted by molar-refractivity contribution is -0.385. The summed E-state index contributed by atoms with van der Waals surface area (Å²) in [5, 5.41) is 22.0. The summed E-state index contributed by atoms with van der Waals surface area (Å²) < 4.78 is 4.39. The number of nitrogens with zero attached hydrogens (tertiary/aromatic N) is 1. The highest BCUT2D eigenvalue weighted by Gasteiger charge is 2.22. The Kier molecular flexibility index (Phi) is 5.60. The Morgan fingerprint density at radius 1 is 1.45 bits per heavy atom. The van der Waals surface area contributed by atoms with Crippen LogP contribution in [0.25, 0.3) is 0 Å². The SMILES string of the molecule is COC(=O)C(CO)NC(=O)Cc1ccccc1[N+](=O)[O-]. The Morgan fingerprint density at radius 2 is 2.10 bits per heavy atom. The van der Waals surface area contributed by atoms with Crippen LogP contribution in [0.3, 0.4) is 0 Å². The molecule has 0 saturated carbocycles. The van der Waals surface area contributed by atoms with Gasteiger partial charge in [0.1, 0.15) is 0 Å². The smallest absolute Gasteiger partial charge is 0.330 e. The first-order valence-electron chi connectivity index (χ1n) is 5.70. The van der Waals surface area contributed by atoms with E-state index in [1.54, 1.807) is 6.07 Å². The van der Waals surface area contributed by atoms with E-state index in [1.165, 1.54) is 18.2 Å². The molecule has 0 fully saturated rings. The van der Waals surface area contributed by atoms with Gasteiger partial charge in [0.2, 0.25) is 5.91 Å². The largest absolute Gasteiger partial charge is 0.467 e. The van der Waals surface area contributed by atoms with Crippen molar-refractivity contribution in [1.82, 2.24) is 5.32 Å². The van der Waals surface area contributed by atoms with E-state index in [-0.39, 0.29) is 17.7 Å². The summed E-state index contributed by atoms with van der Waals surface area (Å²) in [6.07, 6.45) is -0.273. The Hall–Kier alpha value is -2.48. The lowest BCUT2D eigenvalue weighted by Gasteiger charge is -2.13. The Bertz CT molecular complexity index is 516. The van der Waals surface area contributed by atoms with Gasteiger partial charge in [0.15, 0.2) is 6.04 Å². The van der Waals surface area contributed by atoms with Crippen LogP contribution in [0.4, 0.5) is 5.69 Å². The molecule has 0 aliphatic carbocycles. The molecule has 108 valence electrons. The summed E-state index contributed by atoms with van der Waals surface area (Å²) in [6, 6.07) is 4.61. The van der Waals surface area contributed by atoms with Gasteiger partial charge < -0.3 is 15.2 Å². The molecule has 1 aromatic rings. The Morgan fingerprint density at radius 3 is 2.65 bits per heavy atom. The number of methoxy groups -OCH3 is 1. The maximum absolute atomic E-state index is 11.7. The topological polar surface area (TPSA) is 119 Å². The minimum atomic E-state index is -1.18. The van der Waals surface area contributed by atoms with Crippen LogP contribution in [-0.4, -0.2) is 41.7 Å². The first-order valence-corrected chi connectivity index (χ1v) is 5.70. The van der Waals surface area contributed by atoms with E-state index in [4.69, 9.17) is 5.11 Å². The number of rotatable bonds is 6. The number of benzene rings is 1. The van der Waals surface area contributed by atoms with Gasteiger partial charge in [-0.05, 0) is 0 Å². The summed E-state index contributed by atoms with van der Waals surface area (Å²) in [7, 11) is 1.12. The van der Waals surface area contributed by atoms with Gasteiger partial charge in [-0.3, -0.25) is 14.9 Å². The molecule has 20 heavy (non-hydrogen) atoms. The van der Waals surface area contributed by atoms with Crippen LogP contribution in [0.5, 0.6) is 0 Å². The highest BCUT2D eigenvalue weighted by atomic mass is 16.6. The summed E-state index contributed by atoms with van der Waals surface area (Å²) in [6.45, 7) is -0.616. The van der Waals surface area contributed by atoms with Crippen LogP contribution in [-0.2, 0) is 20.7 Å². The predicted molar refractivity (Wildman–Crippen MR) is 67.8 cm³/mol. The molecule has 0 spiro atoms. The quantitative estimate of drug-likeness (QED) is 0.423. The van der Waals surface area contributed by atoms with E-state index in [1.807, 2.05) is 0 Å². The van der Waals surface area contributed by atoms with Crippen molar-refractivity contribution in [2.24, 2.45) is 0 Å². The molecule has 0 radical (unpaired) electrons. The lowest BCUT2D eigenvalue weighted by Crippen LogP contribution is -2.44. The van der Waals surface area contributed by atoms with Crippen molar-refractivity contribution in [3.05, 3.63) is 39.9 Å². The molecule has 0 bridgehead atoms. The monoisotopic (exact) mass is 282 g/mol. The summed E-state index contributed by atoms with van der Waals surface area (Å²) in [5.41, 5.74) is 0.0397. The zero-order valence-electron chi connectivity index (χ0n) is 10.7. The number of carbonyl (C=O) groups excluding carboxylic acids is 2. The second-order valence-corrected chi connectivity index (χ2v) is 3.89. The molecule has 0 aliphatic heterocycles. The van der Waals surface area contributed by atoms with Crippen molar-refractivity contribution in [3.63, 3.8) is 0 Å². The first kappa shape index (κ1) is 15.6. The molecule has 1 unspecified atom stereocenters. The van der Waals surface area contributed by atoms with Crippen molar-refractivity contribution in [2.45, 2.75) is 12.5 Å². The lowest BCUT2D eigenvalue weighted by atomic mass is 10.1. The third kappa shape index (κ3) is 4.02. The normalized spacial score (nSPS) is 11.5. The highest BCUT2D eigenvalue weighted by molar-refractivity contribution is 5.86. The van der Waals surface area contributed by atoms with E-state index < -0.39 is 29.4 Å². The second kappa shape index (κ2) is 7.19. The molecule has 8 heteroatoms. The van der Waals surface area contributed by atoms with Gasteiger partial charge in [0.05, 0.1) is 25.1 Å². The molecule has 1 aromatic carbocycles. The average Bonchev–Trinajstić information content (AvgIpc) is 2.44. The van der Waals surface area contributed by atoms with Gasteiger partial charge in [-0.15, -0.1) is 0 Å². The maximum Gasteiger partial charge on any atom is 0.330 e. The number of ether oxygens (including phenoxy) is 1. The number of para-hydroxylation sites is 1. The molecular formula is C12H14N2O6. The fourth-order valence-corrected chi connectivity index (χ4v) is 1.58. The molecule has 0 heterocycles. The fraction of sp³-hybridized carbons (Fsp3) is 0.333. The number of hydrogen-bond acceptors (Lipinski definition) is 6. The van der Waals surface area contributed by atoms with E-state index in [9.17, 15) is 19.7 Å². The van der Waals surface area contributed by atoms with Crippen LogP contribution in [0.15, 0.2) is 24.3 Å². The zero-order valence-corrected chi connectivity index (χ0v) is 10.7. The predicted octanol–water partition coefficient (Wildman–Crippen LogP) is -0.213. The van der Waals surface area contributed by atoms with Crippen molar-refractivity contribution >= 4 is 17.6 Å². The van der Waals surface area contributed by atoms with Gasteiger partial charge in [-0.2, -0.15) is 0 Å². The molecule has 0 saturated heterocycles. The van der Waals surface area contributed by atoms with Gasteiger partial charge in [0.25, 0.3) is 5.69 Å². The molecular weight excluding hydrogens is 268 g/mol. The van der Waals surface area contributed by atoms with E-state index >= 15 is 0 Å². The summed E-state index contributed by atoms with van der Waals surface area (Å²) in [5.74, 6) is -1.41. The maximum atomic E-state index is 11.7. The van der Waals surface area contributed by atoms with Crippen molar-refractivity contribution in [1.29, 1.82) is 0 Å². The van der Waals surface area contributed by atoms with Crippen molar-refractivity contribution < 1.29 is 24.4 Å². The highest BCUT2D eigenvalue weighted by Crippen LogP contribution is 2.17. The summed E-state index contributed by atoms with van der Waals surface area (Å²) in [4.78, 5) is 33.1. The van der Waals surface area contributed by atoms with Gasteiger partial charge >= 0.3 is 5.97 Å². The number of nitrogens with one attached hydrogen (secondary N) is 1. The van der Waals surface area contributed by atoms with Crippen LogP contribution < -0.4 is 5.32 Å². The van der Waals surface area contributed by atoms with E-state index in [0.717, 1.165) is 7.11 Å². The van der Waals surface area contributed by atoms with Crippen molar-refractivity contribution in [3.8, 4) is 0 Å². The number of esters is 1. The van der Waals surface area contributed by atoms with Gasteiger partial charge in [0, 0.05) is 11.6 Å². The number of amides is 1. The molecule has 1 atom stereocenters. The van der Waals surface area contributed by atoms with Crippen LogP contribution in [0.1, 0.15) is 5.56 Å². The second-order valence-electron chi connectivity index (χ2n) is 3.89. The zero-order chi connectivity index (χ0) is 15.1. The van der Waals surface area contributed by atoms with Crippen molar-refractivity contribution in [2.75, 3.05) is 13.7 Å². The average molecular weight is 282 g/mol.